The highest BCUT2D eigenvalue weighted by Crippen LogP contribution is 2.58. The number of carbonyl (C=O) groups excluding carboxylic acids is 2. The fraction of sp³-hybridized carbons (Fsp3) is 0.214. The Morgan fingerprint density at radius 1 is 0.579 bits per heavy atom. The molecule has 4 aliphatic carbocycles. The maximum absolute atomic E-state index is 14.8. The van der Waals surface area contributed by atoms with Crippen LogP contribution in [0.5, 0.6) is 11.5 Å². The number of nitrogens with zero attached hydrogens (tertiary/aromatic N) is 6. The van der Waals surface area contributed by atoms with Gasteiger partial charge < -0.3 is 19.6 Å². The lowest BCUT2D eigenvalue weighted by Gasteiger charge is -2.50. The molecule has 76 heavy (non-hydrogen) atoms. The predicted octanol–water partition coefficient (Wildman–Crippen LogP) is 8.26. The number of pyridine rings is 2. The summed E-state index contributed by atoms with van der Waals surface area (Å²) in [5, 5.41) is 13.8. The topological polar surface area (TPSA) is 121 Å². The maximum Gasteiger partial charge on any atom is 0.277 e. The molecule has 2 aliphatic heterocycles. The standard InChI is InChI=1S/C31H21F4N3O3.C24H17F4N3O3.CH4/c1-36-16-38(37-8-7-27(39)29(28(37)30(36)40)41-15-17-5-3-2-4-6-17)31-20(9-18-11-23(32)25(34)13-21(18)31)10-19-12-24(33)26(35)14-22(19)31;1-29-10-31(30-3-2-20(32)22(33)21(30)23(29)34)24-13(4-11-6-16(25)18(27)8-14(11)24)5-12-7-17(26)19(28)9-15(12)24;/h2-9,11-14H,10,15-16H2,1H3;2-3,6-9,13,33H,4-5,10H2,1H3;1H4. The highest BCUT2D eigenvalue weighted by Gasteiger charge is 2.60. The van der Waals surface area contributed by atoms with E-state index in [9.17, 15) is 59.4 Å². The lowest BCUT2D eigenvalue weighted by molar-refractivity contribution is 0.0694. The summed E-state index contributed by atoms with van der Waals surface area (Å²) >= 11 is 0. The molecular formula is C56H42F8N6O6. The number of benzene rings is 5. The SMILES string of the molecule is C.CN1CN(C23C(=Cc4cc(F)c(F)cc42)Cc2cc(F)c(F)cc23)n2ccc(=O)c(OCc3ccccc3)c2C1=O.CN1CN(C23c4cc(F)c(F)cc4CC2Cc2cc(F)c(F)cc23)n2ccc(=O)c(O)c2C1=O. The summed E-state index contributed by atoms with van der Waals surface area (Å²) in [5.74, 6) is -11.0. The molecular weight excluding hydrogens is 1000 g/mol. The van der Waals surface area contributed by atoms with E-state index in [0.29, 0.717) is 62.9 Å². The monoisotopic (exact) mass is 1050 g/mol. The minimum absolute atomic E-state index is 0. The summed E-state index contributed by atoms with van der Waals surface area (Å²) in [6, 6.07) is 20.0. The van der Waals surface area contributed by atoms with Crippen LogP contribution in [0.25, 0.3) is 6.08 Å². The number of carbonyl (C=O) groups is 2. The molecule has 0 bridgehead atoms. The van der Waals surface area contributed by atoms with Gasteiger partial charge in [-0.05, 0) is 123 Å². The van der Waals surface area contributed by atoms with Crippen LogP contribution in [0.4, 0.5) is 35.1 Å². The molecule has 1 atom stereocenters. The van der Waals surface area contributed by atoms with E-state index in [1.54, 1.807) is 16.1 Å². The van der Waals surface area contributed by atoms with Gasteiger partial charge in [-0.25, -0.2) is 35.1 Å². The molecule has 20 heteroatoms. The van der Waals surface area contributed by atoms with Gasteiger partial charge in [0.25, 0.3) is 11.8 Å². The minimum atomic E-state index is -1.44. The third-order valence-electron chi connectivity index (χ3n) is 15.3. The lowest BCUT2D eigenvalue weighted by atomic mass is 9.81. The van der Waals surface area contributed by atoms with Crippen molar-refractivity contribution >= 4 is 17.9 Å². The number of hydrogen-bond donors (Lipinski definition) is 1. The van der Waals surface area contributed by atoms with Crippen LogP contribution in [-0.4, -0.2) is 63.5 Å². The van der Waals surface area contributed by atoms with Crippen molar-refractivity contribution in [2.45, 2.75) is 44.4 Å². The summed E-state index contributed by atoms with van der Waals surface area (Å²) in [6.45, 7) is -0.149. The van der Waals surface area contributed by atoms with E-state index in [-0.39, 0.29) is 50.9 Å². The normalized spacial score (nSPS) is 20.1. The molecule has 0 radical (unpaired) electrons. The Morgan fingerprint density at radius 3 is 1.67 bits per heavy atom. The first-order valence-corrected chi connectivity index (χ1v) is 23.4. The molecule has 13 rings (SSSR count). The van der Waals surface area contributed by atoms with Crippen LogP contribution in [0.1, 0.15) is 78.5 Å². The number of rotatable bonds is 5. The molecule has 4 heterocycles. The quantitative estimate of drug-likeness (QED) is 0.171. The fourth-order valence-corrected chi connectivity index (χ4v) is 12.1. The first-order chi connectivity index (χ1) is 35.8. The third-order valence-corrected chi connectivity index (χ3v) is 15.3. The Kier molecular flexibility index (Phi) is 11.4. The zero-order valence-corrected chi connectivity index (χ0v) is 39.4. The summed E-state index contributed by atoms with van der Waals surface area (Å²) in [7, 11) is 2.99. The van der Waals surface area contributed by atoms with Crippen LogP contribution in [-0.2, 0) is 36.9 Å². The molecule has 7 aromatic rings. The second-order valence-electron chi connectivity index (χ2n) is 19.3. The van der Waals surface area contributed by atoms with Gasteiger partial charge in [0.1, 0.15) is 31.0 Å². The molecule has 0 saturated heterocycles. The minimum Gasteiger partial charge on any atom is -0.502 e. The van der Waals surface area contributed by atoms with E-state index in [0.717, 1.165) is 60.2 Å². The number of hydrogen-bond acceptors (Lipinski definition) is 8. The first-order valence-electron chi connectivity index (χ1n) is 23.4. The van der Waals surface area contributed by atoms with Crippen LogP contribution < -0.4 is 25.6 Å². The zero-order valence-electron chi connectivity index (χ0n) is 39.4. The molecule has 2 aromatic heterocycles. The Labute approximate surface area is 427 Å². The highest BCUT2D eigenvalue weighted by molar-refractivity contribution is 5.97. The van der Waals surface area contributed by atoms with Crippen LogP contribution in [0, 0.1) is 52.5 Å². The van der Waals surface area contributed by atoms with Gasteiger partial charge in [-0.3, -0.25) is 38.5 Å². The lowest BCUT2D eigenvalue weighted by Crippen LogP contribution is -2.62. The van der Waals surface area contributed by atoms with Crippen molar-refractivity contribution in [3.8, 4) is 11.5 Å². The van der Waals surface area contributed by atoms with Crippen molar-refractivity contribution in [1.29, 1.82) is 0 Å². The average molecular weight is 1050 g/mol. The van der Waals surface area contributed by atoms with Gasteiger partial charge in [0.15, 0.2) is 69.4 Å². The Balaban J connectivity index is 0.000000163. The van der Waals surface area contributed by atoms with Gasteiger partial charge in [-0.2, -0.15) is 0 Å². The second kappa shape index (κ2) is 17.5. The average Bonchev–Trinajstić information content (AvgIpc) is 4.21. The van der Waals surface area contributed by atoms with E-state index in [1.165, 1.54) is 51.7 Å². The van der Waals surface area contributed by atoms with Crippen LogP contribution in [0.3, 0.4) is 0 Å². The first kappa shape index (κ1) is 49.5. The van der Waals surface area contributed by atoms with Gasteiger partial charge in [-0.1, -0.05) is 43.8 Å². The molecule has 2 amide bonds. The number of amides is 2. The summed E-state index contributed by atoms with van der Waals surface area (Å²) in [4.78, 5) is 54.2. The molecule has 1 N–H and O–H groups in total. The number of aromatic hydroxyl groups is 1. The van der Waals surface area contributed by atoms with Crippen LogP contribution in [0.2, 0.25) is 0 Å². The second-order valence-corrected chi connectivity index (χ2v) is 19.3. The zero-order chi connectivity index (χ0) is 52.7. The van der Waals surface area contributed by atoms with Crippen molar-refractivity contribution in [3.63, 3.8) is 0 Å². The van der Waals surface area contributed by atoms with Gasteiger partial charge in [-0.15, -0.1) is 0 Å². The molecule has 5 aromatic carbocycles. The number of ether oxygens (including phenoxy) is 1. The number of aromatic nitrogens is 2. The predicted molar refractivity (Wildman–Crippen MR) is 260 cm³/mol. The van der Waals surface area contributed by atoms with Gasteiger partial charge >= 0.3 is 0 Å². The van der Waals surface area contributed by atoms with Crippen LogP contribution in [0.15, 0.2) is 119 Å². The van der Waals surface area contributed by atoms with E-state index >= 15 is 0 Å². The number of halogens is 8. The van der Waals surface area contributed by atoms with E-state index in [1.807, 2.05) is 30.3 Å². The van der Waals surface area contributed by atoms with E-state index in [2.05, 4.69) is 0 Å². The molecule has 0 fully saturated rings. The Hall–Kier alpha value is -8.68. The van der Waals surface area contributed by atoms with Crippen LogP contribution >= 0.6 is 0 Å². The van der Waals surface area contributed by atoms with Gasteiger partial charge in [0, 0.05) is 44.5 Å². The van der Waals surface area contributed by atoms with E-state index < -0.39 is 92.0 Å². The van der Waals surface area contributed by atoms with Gasteiger partial charge in [0.2, 0.25) is 10.9 Å². The Bertz CT molecular complexity index is 3790. The molecule has 1 unspecified atom stereocenters. The smallest absolute Gasteiger partial charge is 0.277 e. The summed E-state index contributed by atoms with van der Waals surface area (Å²) < 4.78 is 124. The fourth-order valence-electron chi connectivity index (χ4n) is 12.1. The number of fused-ring (bicyclic) bond motifs is 12. The molecule has 388 valence electrons. The largest absolute Gasteiger partial charge is 0.502 e. The van der Waals surface area contributed by atoms with Crippen molar-refractivity contribution in [2.24, 2.45) is 5.92 Å². The Morgan fingerprint density at radius 2 is 1.07 bits per heavy atom. The molecule has 6 aliphatic rings. The highest BCUT2D eigenvalue weighted by atomic mass is 19.2. The van der Waals surface area contributed by atoms with Crippen molar-refractivity contribution < 1.29 is 54.6 Å². The summed E-state index contributed by atoms with van der Waals surface area (Å²) in [5.41, 5.74) is 0.136. The van der Waals surface area contributed by atoms with Gasteiger partial charge in [0.05, 0.1) is 0 Å². The molecule has 12 nitrogen and oxygen atoms in total. The third kappa shape index (κ3) is 6.87. The molecule has 0 spiro atoms. The van der Waals surface area contributed by atoms with Crippen molar-refractivity contribution in [3.05, 3.63) is 237 Å². The summed E-state index contributed by atoms with van der Waals surface area (Å²) in [6.07, 6.45) is 5.15. The maximum atomic E-state index is 14.8. The van der Waals surface area contributed by atoms with Crippen molar-refractivity contribution in [1.82, 2.24) is 19.2 Å². The van der Waals surface area contributed by atoms with Crippen molar-refractivity contribution in [2.75, 3.05) is 37.5 Å². The molecule has 0 saturated carbocycles. The van der Waals surface area contributed by atoms with E-state index in [4.69, 9.17) is 4.74 Å².